The summed E-state index contributed by atoms with van der Waals surface area (Å²) in [5.41, 5.74) is 17.9. The summed E-state index contributed by atoms with van der Waals surface area (Å²) in [4.78, 5) is 31.2. The molecule has 0 N–H and O–H groups in total. The lowest BCUT2D eigenvalue weighted by molar-refractivity contribution is 0.668. The molecular weight excluding hydrogens is 1250 g/mol. The Morgan fingerprint density at radius 2 is 0.588 bits per heavy atom. The molecule has 0 atom stereocenters. The summed E-state index contributed by atoms with van der Waals surface area (Å²) in [7, 11) is 0. The first-order valence-electron chi connectivity index (χ1n) is 34.1. The molecule has 0 aliphatic carbocycles. The fourth-order valence-corrected chi connectivity index (χ4v) is 15.6. The van der Waals surface area contributed by atoms with E-state index in [0.717, 1.165) is 138 Å². The Balaban J connectivity index is 0.000000133. The van der Waals surface area contributed by atoms with Gasteiger partial charge in [0, 0.05) is 98.3 Å². The van der Waals surface area contributed by atoms with Crippen LogP contribution in [0, 0.1) is 0 Å². The van der Waals surface area contributed by atoms with Gasteiger partial charge in [-0.2, -0.15) is 19.9 Å². The molecule has 8 aromatic heterocycles. The molecule has 0 saturated heterocycles. The molecule has 14 aromatic carbocycles. The monoisotopic (exact) mass is 1310 g/mol. The molecule has 8 heterocycles. The zero-order valence-corrected chi connectivity index (χ0v) is 54.5. The van der Waals surface area contributed by atoms with Crippen LogP contribution in [0.3, 0.4) is 0 Å². The van der Waals surface area contributed by atoms with Gasteiger partial charge in [0.15, 0.2) is 23.3 Å². The summed E-state index contributed by atoms with van der Waals surface area (Å²) in [5, 5.41) is 13.5. The van der Waals surface area contributed by atoms with Crippen molar-refractivity contribution in [3.05, 3.63) is 328 Å². The second kappa shape index (κ2) is 22.7. The molecule has 12 heteroatoms. The molecule has 0 aliphatic rings. The third kappa shape index (κ3) is 8.82. The van der Waals surface area contributed by atoms with Crippen molar-refractivity contribution in [2.45, 2.75) is 0 Å². The van der Waals surface area contributed by atoms with Crippen molar-refractivity contribution in [2.75, 3.05) is 0 Å². The number of para-hydroxylation sites is 8. The number of aromatic nitrogens is 10. The van der Waals surface area contributed by atoms with E-state index in [1.165, 1.54) is 27.1 Å². The highest BCUT2D eigenvalue weighted by atomic mass is 16.3. The van der Waals surface area contributed by atoms with Crippen LogP contribution in [0.15, 0.2) is 336 Å². The van der Waals surface area contributed by atoms with Gasteiger partial charge >= 0.3 is 0 Å². The molecule has 0 fully saturated rings. The lowest BCUT2D eigenvalue weighted by atomic mass is 10.1. The third-order valence-electron chi connectivity index (χ3n) is 20.0. The van der Waals surface area contributed by atoms with Crippen LogP contribution in [-0.4, -0.2) is 48.2 Å². The SMILES string of the molecule is c1ccc(-c2nc(-c3ccc4oc5ccccc5c4c3)nc(-n3c4ccccc4c4c3ccc3c5ccccc5n(-c5ccccc5)c34)n2)cc1.c1ccc(-c2nc(-c3cccc4oc5ccccc5c34)nc(-n3c4ccccc4c4c3ccc3c5ccccc5n(-c5ccccc5)c34)n2)cc1. The van der Waals surface area contributed by atoms with Gasteiger partial charge in [-0.25, -0.2) is 9.97 Å². The lowest BCUT2D eigenvalue weighted by Gasteiger charge is -2.12. The Bertz CT molecular complexity index is 7130. The summed E-state index contributed by atoms with van der Waals surface area (Å²) in [6.07, 6.45) is 0. The largest absolute Gasteiger partial charge is 0.456 e. The minimum Gasteiger partial charge on any atom is -0.456 e. The summed E-state index contributed by atoms with van der Waals surface area (Å²) in [6.45, 7) is 0. The number of furan rings is 2. The van der Waals surface area contributed by atoms with Crippen molar-refractivity contribution in [1.82, 2.24) is 48.2 Å². The fraction of sp³-hybridized carbons (Fsp3) is 0. The molecule has 102 heavy (non-hydrogen) atoms. The average Bonchev–Trinajstić information content (AvgIpc) is 1.55. The maximum absolute atomic E-state index is 6.28. The standard InChI is InChI=1S/2C45H27N5O/c1-3-14-28(15-4-1)43-46-44(34-21-13-25-39-40(34)33-20-9-12-24-38(33)51-39)48-45(47-43)50-36-23-11-8-19-32(36)41-37(50)27-26-31-30-18-7-10-22-35(30)49(42(31)41)29-16-5-2-6-17-29;1-3-13-28(14-4-1)43-46-44(29-23-26-40-35(27-29)32-18-9-12-22-39(32)51-40)48-45(47-43)50-37-21-11-8-19-34(37)41-38(50)25-24-33-31-17-7-10-20-36(31)49(42(33)41)30-15-5-2-6-16-30/h2*1-27H. The third-order valence-corrected chi connectivity index (χ3v) is 20.0. The van der Waals surface area contributed by atoms with Gasteiger partial charge in [-0.15, -0.1) is 0 Å². The van der Waals surface area contributed by atoms with Crippen LogP contribution in [0.1, 0.15) is 0 Å². The number of benzene rings is 14. The van der Waals surface area contributed by atoms with Crippen LogP contribution in [0.5, 0.6) is 0 Å². The van der Waals surface area contributed by atoms with Crippen molar-refractivity contribution in [1.29, 1.82) is 0 Å². The maximum Gasteiger partial charge on any atom is 0.238 e. The number of rotatable bonds is 8. The van der Waals surface area contributed by atoms with Crippen LogP contribution in [-0.2, 0) is 0 Å². The maximum atomic E-state index is 6.28. The molecule has 0 saturated carbocycles. The van der Waals surface area contributed by atoms with Gasteiger partial charge in [-0.05, 0) is 97.1 Å². The van der Waals surface area contributed by atoms with E-state index in [1.807, 2.05) is 121 Å². The van der Waals surface area contributed by atoms with Gasteiger partial charge < -0.3 is 18.0 Å². The Labute approximate surface area is 581 Å². The van der Waals surface area contributed by atoms with Gasteiger partial charge in [-0.1, -0.05) is 231 Å². The predicted octanol–water partition coefficient (Wildman–Crippen LogP) is 22.6. The first kappa shape index (κ1) is 57.0. The van der Waals surface area contributed by atoms with Gasteiger partial charge in [0.05, 0.1) is 44.1 Å². The van der Waals surface area contributed by atoms with Crippen LogP contribution >= 0.6 is 0 Å². The Morgan fingerprint density at radius 3 is 1.12 bits per heavy atom. The molecule has 0 amide bonds. The van der Waals surface area contributed by atoms with E-state index in [1.54, 1.807) is 0 Å². The highest BCUT2D eigenvalue weighted by Crippen LogP contribution is 2.45. The highest BCUT2D eigenvalue weighted by Gasteiger charge is 2.27. The summed E-state index contributed by atoms with van der Waals surface area (Å²) in [6, 6.07) is 113. The van der Waals surface area contributed by atoms with Crippen LogP contribution in [0.4, 0.5) is 0 Å². The van der Waals surface area contributed by atoms with Crippen molar-refractivity contribution in [3.63, 3.8) is 0 Å². The van der Waals surface area contributed by atoms with Gasteiger partial charge in [0.1, 0.15) is 22.3 Å². The molecule has 12 nitrogen and oxygen atoms in total. The molecule has 476 valence electrons. The zero-order valence-electron chi connectivity index (χ0n) is 54.5. The molecule has 0 radical (unpaired) electrons. The molecule has 0 unspecified atom stereocenters. The predicted molar refractivity (Wildman–Crippen MR) is 413 cm³/mol. The quantitative estimate of drug-likeness (QED) is 0.147. The molecular formula is C90H54N10O2. The van der Waals surface area contributed by atoms with E-state index >= 15 is 0 Å². The van der Waals surface area contributed by atoms with Crippen LogP contribution < -0.4 is 0 Å². The van der Waals surface area contributed by atoms with Crippen molar-refractivity contribution in [3.8, 4) is 68.8 Å². The topological polar surface area (TPSA) is 123 Å². The van der Waals surface area contributed by atoms with Crippen LogP contribution in [0.25, 0.3) is 200 Å². The summed E-state index contributed by atoms with van der Waals surface area (Å²) >= 11 is 0. The number of hydrogen-bond donors (Lipinski definition) is 0. The molecule has 0 aliphatic heterocycles. The van der Waals surface area contributed by atoms with Gasteiger partial charge in [0.25, 0.3) is 0 Å². The second-order valence-electron chi connectivity index (χ2n) is 25.7. The van der Waals surface area contributed by atoms with E-state index in [2.05, 4.69) is 225 Å². The zero-order chi connectivity index (χ0) is 66.9. The number of fused-ring (bicyclic) bond motifs is 20. The lowest BCUT2D eigenvalue weighted by Crippen LogP contribution is -2.06. The average molecular weight is 1310 g/mol. The van der Waals surface area contributed by atoms with Gasteiger partial charge in [0.2, 0.25) is 11.9 Å². The van der Waals surface area contributed by atoms with E-state index < -0.39 is 0 Å². The Kier molecular flexibility index (Phi) is 12.7. The van der Waals surface area contributed by atoms with E-state index in [0.29, 0.717) is 35.2 Å². The minimum atomic E-state index is 0.552. The summed E-state index contributed by atoms with van der Waals surface area (Å²) < 4.78 is 21.6. The smallest absolute Gasteiger partial charge is 0.238 e. The number of nitrogens with zero attached hydrogens (tertiary/aromatic N) is 10. The second-order valence-corrected chi connectivity index (χ2v) is 25.7. The number of hydrogen-bond acceptors (Lipinski definition) is 8. The Morgan fingerprint density at radius 1 is 0.206 bits per heavy atom. The molecule has 0 spiro atoms. The van der Waals surface area contributed by atoms with Crippen molar-refractivity contribution >= 4 is 131 Å². The summed E-state index contributed by atoms with van der Waals surface area (Å²) in [5.74, 6) is 3.50. The molecule has 22 rings (SSSR count). The Hall–Kier alpha value is -14.1. The first-order chi connectivity index (χ1) is 50.6. The van der Waals surface area contributed by atoms with Crippen LogP contribution in [0.2, 0.25) is 0 Å². The molecule has 0 bridgehead atoms. The molecule has 22 aromatic rings. The first-order valence-corrected chi connectivity index (χ1v) is 34.1. The minimum absolute atomic E-state index is 0.552. The van der Waals surface area contributed by atoms with Crippen molar-refractivity contribution < 1.29 is 8.83 Å². The highest BCUT2D eigenvalue weighted by molar-refractivity contribution is 6.28. The normalized spacial score (nSPS) is 11.9. The van der Waals surface area contributed by atoms with E-state index in [9.17, 15) is 0 Å². The van der Waals surface area contributed by atoms with Crippen molar-refractivity contribution in [2.24, 2.45) is 0 Å². The van der Waals surface area contributed by atoms with Gasteiger partial charge in [-0.3, -0.25) is 9.13 Å². The van der Waals surface area contributed by atoms with E-state index in [-0.39, 0.29) is 0 Å². The fourth-order valence-electron chi connectivity index (χ4n) is 15.6. The van der Waals surface area contributed by atoms with E-state index in [4.69, 9.17) is 38.7 Å².